The van der Waals surface area contributed by atoms with E-state index in [0.29, 0.717) is 12.1 Å². The molecule has 1 aromatic carbocycles. The number of nitrogens with zero attached hydrogens (tertiary/aromatic N) is 1. The van der Waals surface area contributed by atoms with Gasteiger partial charge in [-0.15, -0.1) is 0 Å². The van der Waals surface area contributed by atoms with Gasteiger partial charge in [0, 0.05) is 18.8 Å². The molecule has 0 aliphatic heterocycles. The van der Waals surface area contributed by atoms with E-state index in [4.69, 9.17) is 5.73 Å². The molecule has 0 aliphatic rings. The zero-order chi connectivity index (χ0) is 12.1. The Kier molecular flexibility index (Phi) is 4.35. The summed E-state index contributed by atoms with van der Waals surface area (Å²) in [5.74, 6) is 0.139. The monoisotopic (exact) mass is 220 g/mol. The Morgan fingerprint density at radius 1 is 1.50 bits per heavy atom. The van der Waals surface area contributed by atoms with Crippen molar-refractivity contribution in [3.8, 4) is 0 Å². The van der Waals surface area contributed by atoms with E-state index >= 15 is 0 Å². The van der Waals surface area contributed by atoms with Gasteiger partial charge in [-0.1, -0.05) is 19.1 Å². The Hall–Kier alpha value is -1.51. The standard InChI is InChI=1S/C13H20N2O/c1-4-10(2)15(3)13(16)9-11-6-5-7-12(14)8-11/h5-8,10H,4,9,14H2,1-3H3. The largest absolute Gasteiger partial charge is 0.399 e. The van der Waals surface area contributed by atoms with Crippen LogP contribution in [0.3, 0.4) is 0 Å². The van der Waals surface area contributed by atoms with Crippen molar-refractivity contribution < 1.29 is 4.79 Å². The molecule has 0 bridgehead atoms. The smallest absolute Gasteiger partial charge is 0.226 e. The Morgan fingerprint density at radius 3 is 2.75 bits per heavy atom. The highest BCUT2D eigenvalue weighted by Crippen LogP contribution is 2.10. The maximum absolute atomic E-state index is 11.9. The molecule has 16 heavy (non-hydrogen) atoms. The van der Waals surface area contributed by atoms with E-state index in [1.54, 1.807) is 4.90 Å². The van der Waals surface area contributed by atoms with Crippen molar-refractivity contribution in [2.45, 2.75) is 32.7 Å². The first-order valence-electron chi connectivity index (χ1n) is 5.64. The van der Waals surface area contributed by atoms with Gasteiger partial charge in [-0.25, -0.2) is 0 Å². The van der Waals surface area contributed by atoms with Crippen LogP contribution in [0.2, 0.25) is 0 Å². The summed E-state index contributed by atoms with van der Waals surface area (Å²) in [5.41, 5.74) is 7.35. The van der Waals surface area contributed by atoms with Crippen molar-refractivity contribution in [2.75, 3.05) is 12.8 Å². The number of benzene rings is 1. The van der Waals surface area contributed by atoms with E-state index in [1.807, 2.05) is 31.3 Å². The lowest BCUT2D eigenvalue weighted by Crippen LogP contribution is -2.35. The molecule has 0 heterocycles. The van der Waals surface area contributed by atoms with E-state index in [1.165, 1.54) is 0 Å². The van der Waals surface area contributed by atoms with E-state index in [-0.39, 0.29) is 11.9 Å². The molecular weight excluding hydrogens is 200 g/mol. The normalized spacial score (nSPS) is 12.2. The molecule has 88 valence electrons. The SMILES string of the molecule is CCC(C)N(C)C(=O)Cc1cccc(N)c1. The molecule has 2 N–H and O–H groups in total. The molecule has 1 rings (SSSR count). The molecule has 1 amide bonds. The van der Waals surface area contributed by atoms with E-state index in [9.17, 15) is 4.79 Å². The second-order valence-electron chi connectivity index (χ2n) is 4.18. The lowest BCUT2D eigenvalue weighted by molar-refractivity contribution is -0.130. The molecule has 1 unspecified atom stereocenters. The van der Waals surface area contributed by atoms with E-state index < -0.39 is 0 Å². The van der Waals surface area contributed by atoms with Gasteiger partial charge in [-0.3, -0.25) is 4.79 Å². The number of carbonyl (C=O) groups excluding carboxylic acids is 1. The third-order valence-electron chi connectivity index (χ3n) is 2.95. The van der Waals surface area contributed by atoms with Crippen LogP contribution in [0.25, 0.3) is 0 Å². The Balaban J connectivity index is 2.64. The van der Waals surface area contributed by atoms with Gasteiger partial charge in [0.25, 0.3) is 0 Å². The minimum absolute atomic E-state index is 0.139. The van der Waals surface area contributed by atoms with Crippen LogP contribution in [0, 0.1) is 0 Å². The molecule has 1 aromatic rings. The minimum Gasteiger partial charge on any atom is -0.399 e. The molecule has 0 radical (unpaired) electrons. The highest BCUT2D eigenvalue weighted by Gasteiger charge is 2.14. The fourth-order valence-corrected chi connectivity index (χ4v) is 1.52. The molecule has 0 aromatic heterocycles. The van der Waals surface area contributed by atoms with Gasteiger partial charge in [0.15, 0.2) is 0 Å². The summed E-state index contributed by atoms with van der Waals surface area (Å²) >= 11 is 0. The van der Waals surface area contributed by atoms with Crippen molar-refractivity contribution in [2.24, 2.45) is 0 Å². The predicted molar refractivity (Wildman–Crippen MR) is 67.1 cm³/mol. The Bertz CT molecular complexity index is 363. The van der Waals surface area contributed by atoms with Gasteiger partial charge in [-0.05, 0) is 31.0 Å². The fourth-order valence-electron chi connectivity index (χ4n) is 1.52. The van der Waals surface area contributed by atoms with Crippen LogP contribution in [0.4, 0.5) is 5.69 Å². The summed E-state index contributed by atoms with van der Waals surface area (Å²) in [6.45, 7) is 4.13. The second kappa shape index (κ2) is 5.54. The number of hydrogen-bond donors (Lipinski definition) is 1. The van der Waals surface area contributed by atoms with E-state index in [0.717, 1.165) is 12.0 Å². The number of nitrogens with two attached hydrogens (primary N) is 1. The Labute approximate surface area is 97.2 Å². The second-order valence-corrected chi connectivity index (χ2v) is 4.18. The van der Waals surface area contributed by atoms with Gasteiger partial charge in [0.1, 0.15) is 0 Å². The highest BCUT2D eigenvalue weighted by molar-refractivity contribution is 5.79. The van der Waals surface area contributed by atoms with Gasteiger partial charge in [-0.2, -0.15) is 0 Å². The van der Waals surface area contributed by atoms with Crippen LogP contribution >= 0.6 is 0 Å². The lowest BCUT2D eigenvalue weighted by Gasteiger charge is -2.23. The number of hydrogen-bond acceptors (Lipinski definition) is 2. The zero-order valence-electron chi connectivity index (χ0n) is 10.2. The van der Waals surface area contributed by atoms with Crippen LogP contribution in [0.1, 0.15) is 25.8 Å². The van der Waals surface area contributed by atoms with Gasteiger partial charge in [0.2, 0.25) is 5.91 Å². The van der Waals surface area contributed by atoms with Crippen LogP contribution in [0.5, 0.6) is 0 Å². The molecule has 0 fully saturated rings. The number of anilines is 1. The first kappa shape index (κ1) is 12.6. The lowest BCUT2D eigenvalue weighted by atomic mass is 10.1. The third kappa shape index (κ3) is 3.26. The minimum atomic E-state index is 0.139. The predicted octanol–water partition coefficient (Wildman–Crippen LogP) is 2.07. The summed E-state index contributed by atoms with van der Waals surface area (Å²) in [7, 11) is 1.85. The molecule has 0 spiro atoms. The van der Waals surface area contributed by atoms with Crippen molar-refractivity contribution in [1.29, 1.82) is 0 Å². The fraction of sp³-hybridized carbons (Fsp3) is 0.462. The molecule has 0 aliphatic carbocycles. The quantitative estimate of drug-likeness (QED) is 0.789. The maximum Gasteiger partial charge on any atom is 0.226 e. The van der Waals surface area contributed by atoms with Crippen molar-refractivity contribution in [3.05, 3.63) is 29.8 Å². The van der Waals surface area contributed by atoms with Crippen molar-refractivity contribution in [3.63, 3.8) is 0 Å². The summed E-state index contributed by atoms with van der Waals surface area (Å²) in [4.78, 5) is 13.7. The topological polar surface area (TPSA) is 46.3 Å². The first-order valence-corrected chi connectivity index (χ1v) is 5.64. The molecular formula is C13H20N2O. The van der Waals surface area contributed by atoms with Gasteiger partial charge >= 0.3 is 0 Å². The van der Waals surface area contributed by atoms with Crippen LogP contribution < -0.4 is 5.73 Å². The maximum atomic E-state index is 11.9. The number of nitrogen functional groups attached to an aromatic ring is 1. The summed E-state index contributed by atoms with van der Waals surface area (Å²) in [5, 5.41) is 0. The number of rotatable bonds is 4. The number of carbonyl (C=O) groups is 1. The van der Waals surface area contributed by atoms with Crippen LogP contribution in [-0.4, -0.2) is 23.9 Å². The van der Waals surface area contributed by atoms with E-state index in [2.05, 4.69) is 13.8 Å². The highest BCUT2D eigenvalue weighted by atomic mass is 16.2. The van der Waals surface area contributed by atoms with Gasteiger partial charge in [0.05, 0.1) is 6.42 Å². The molecule has 3 nitrogen and oxygen atoms in total. The van der Waals surface area contributed by atoms with Gasteiger partial charge < -0.3 is 10.6 Å². The molecule has 3 heteroatoms. The molecule has 0 saturated heterocycles. The zero-order valence-corrected chi connectivity index (χ0v) is 10.2. The average molecular weight is 220 g/mol. The number of likely N-dealkylation sites (N-methyl/N-ethyl adjacent to an activating group) is 1. The number of amides is 1. The average Bonchev–Trinajstić information content (AvgIpc) is 2.27. The van der Waals surface area contributed by atoms with Crippen molar-refractivity contribution >= 4 is 11.6 Å². The third-order valence-corrected chi connectivity index (χ3v) is 2.95. The summed E-state index contributed by atoms with van der Waals surface area (Å²) < 4.78 is 0. The first-order chi connectivity index (χ1) is 7.54. The summed E-state index contributed by atoms with van der Waals surface area (Å²) in [6, 6.07) is 7.77. The molecule has 0 saturated carbocycles. The molecule has 1 atom stereocenters. The van der Waals surface area contributed by atoms with Crippen LogP contribution in [-0.2, 0) is 11.2 Å². The van der Waals surface area contributed by atoms with Crippen LogP contribution in [0.15, 0.2) is 24.3 Å². The van der Waals surface area contributed by atoms with Crippen molar-refractivity contribution in [1.82, 2.24) is 4.90 Å². The Morgan fingerprint density at radius 2 is 2.19 bits per heavy atom. The summed E-state index contributed by atoms with van der Waals surface area (Å²) in [6.07, 6.45) is 1.39.